The van der Waals surface area contributed by atoms with E-state index >= 15 is 0 Å². The molecule has 1 aliphatic heterocycles. The Labute approximate surface area is 123 Å². The largest absolute Gasteiger partial charge is 0.364 e. The Balaban J connectivity index is 1.87. The quantitative estimate of drug-likeness (QED) is 0.647. The molecule has 1 N–H and O–H groups in total. The zero-order valence-electron chi connectivity index (χ0n) is 11.9. The first-order chi connectivity index (χ1) is 10.1. The third kappa shape index (κ3) is 3.32. The number of nitro benzene ring substituents is 1. The van der Waals surface area contributed by atoms with Crippen LogP contribution >= 0.6 is 0 Å². The fourth-order valence-corrected chi connectivity index (χ4v) is 3.00. The Morgan fingerprint density at radius 3 is 2.76 bits per heavy atom. The number of rotatable bonds is 6. The molecule has 5 nitrogen and oxygen atoms in total. The van der Waals surface area contributed by atoms with Gasteiger partial charge >= 0.3 is 5.69 Å². The Bertz CT molecular complexity index is 528. The van der Waals surface area contributed by atoms with Gasteiger partial charge in [0.1, 0.15) is 5.69 Å². The number of anilines is 1. The highest BCUT2D eigenvalue weighted by Gasteiger charge is 2.31. The number of hydrogen-bond acceptors (Lipinski definition) is 4. The molecule has 2 aliphatic rings. The standard InChI is InChI=1S/C15H20FN3O2/c16-13-4-1-5-14(15(13)19(20)21)18(9-11-6-7-11)10-12-3-2-8-17-12/h1,4-5,11-12,17H,2-3,6-10H2. The van der Waals surface area contributed by atoms with E-state index in [1.54, 1.807) is 12.1 Å². The van der Waals surface area contributed by atoms with Crippen molar-refractivity contribution in [2.45, 2.75) is 31.7 Å². The molecule has 2 fully saturated rings. The van der Waals surface area contributed by atoms with Gasteiger partial charge in [0.05, 0.1) is 4.92 Å². The van der Waals surface area contributed by atoms with Crippen LogP contribution in [0.2, 0.25) is 0 Å². The lowest BCUT2D eigenvalue weighted by Crippen LogP contribution is -2.39. The van der Waals surface area contributed by atoms with E-state index in [9.17, 15) is 14.5 Å². The van der Waals surface area contributed by atoms with Crippen molar-refractivity contribution in [1.82, 2.24) is 5.32 Å². The molecule has 1 aromatic carbocycles. The minimum atomic E-state index is -0.752. The highest BCUT2D eigenvalue weighted by molar-refractivity contribution is 5.64. The number of halogens is 1. The molecule has 1 saturated carbocycles. The van der Waals surface area contributed by atoms with Crippen LogP contribution in [0.5, 0.6) is 0 Å². The topological polar surface area (TPSA) is 58.4 Å². The van der Waals surface area contributed by atoms with E-state index in [4.69, 9.17) is 0 Å². The Hall–Kier alpha value is -1.69. The van der Waals surface area contributed by atoms with E-state index in [1.165, 1.54) is 0 Å². The van der Waals surface area contributed by atoms with Gasteiger partial charge in [0.15, 0.2) is 0 Å². The molecule has 1 saturated heterocycles. The van der Waals surface area contributed by atoms with Crippen LogP contribution in [0.1, 0.15) is 25.7 Å². The second-order valence-electron chi connectivity index (χ2n) is 6.01. The van der Waals surface area contributed by atoms with Gasteiger partial charge in [-0.1, -0.05) is 6.07 Å². The maximum Gasteiger partial charge on any atom is 0.327 e. The lowest BCUT2D eigenvalue weighted by Gasteiger charge is -2.27. The summed E-state index contributed by atoms with van der Waals surface area (Å²) < 4.78 is 13.8. The Morgan fingerprint density at radius 1 is 1.33 bits per heavy atom. The third-order valence-corrected chi connectivity index (χ3v) is 4.27. The molecule has 1 aliphatic carbocycles. The zero-order valence-corrected chi connectivity index (χ0v) is 11.9. The van der Waals surface area contributed by atoms with Gasteiger partial charge in [0.2, 0.25) is 5.82 Å². The van der Waals surface area contributed by atoms with E-state index in [0.717, 1.165) is 44.8 Å². The number of para-hydroxylation sites is 1. The molecule has 0 spiro atoms. The molecule has 0 aromatic heterocycles. The Morgan fingerprint density at radius 2 is 2.14 bits per heavy atom. The van der Waals surface area contributed by atoms with Gasteiger partial charge in [-0.05, 0) is 50.3 Å². The van der Waals surface area contributed by atoms with Crippen molar-refractivity contribution in [3.63, 3.8) is 0 Å². The third-order valence-electron chi connectivity index (χ3n) is 4.27. The van der Waals surface area contributed by atoms with Gasteiger partial charge < -0.3 is 10.2 Å². The predicted molar refractivity (Wildman–Crippen MR) is 79.0 cm³/mol. The van der Waals surface area contributed by atoms with Crippen molar-refractivity contribution in [3.8, 4) is 0 Å². The number of nitro groups is 1. The maximum absolute atomic E-state index is 13.8. The molecule has 0 bridgehead atoms. The normalized spacial score (nSPS) is 21.5. The average molecular weight is 293 g/mol. The monoisotopic (exact) mass is 293 g/mol. The van der Waals surface area contributed by atoms with Crippen molar-refractivity contribution >= 4 is 11.4 Å². The molecule has 1 atom stereocenters. The summed E-state index contributed by atoms with van der Waals surface area (Å²) in [5.74, 6) is -0.160. The highest BCUT2D eigenvalue weighted by Crippen LogP contribution is 2.36. The number of hydrogen-bond donors (Lipinski definition) is 1. The van der Waals surface area contributed by atoms with Crippen LogP contribution < -0.4 is 10.2 Å². The zero-order chi connectivity index (χ0) is 14.8. The van der Waals surface area contributed by atoms with Crippen LogP contribution in [0, 0.1) is 21.8 Å². The molecule has 21 heavy (non-hydrogen) atoms. The summed E-state index contributed by atoms with van der Waals surface area (Å²) in [6.45, 7) is 2.48. The van der Waals surface area contributed by atoms with Crippen LogP contribution in [0.3, 0.4) is 0 Å². The molecular weight excluding hydrogens is 273 g/mol. The fraction of sp³-hybridized carbons (Fsp3) is 0.600. The van der Waals surface area contributed by atoms with Crippen molar-refractivity contribution in [3.05, 3.63) is 34.1 Å². The molecule has 6 heteroatoms. The van der Waals surface area contributed by atoms with Gasteiger partial charge in [-0.3, -0.25) is 10.1 Å². The van der Waals surface area contributed by atoms with Crippen LogP contribution in [-0.4, -0.2) is 30.6 Å². The molecule has 1 unspecified atom stereocenters. The Kier molecular flexibility index (Phi) is 4.05. The van der Waals surface area contributed by atoms with Gasteiger partial charge in [0.25, 0.3) is 0 Å². The van der Waals surface area contributed by atoms with E-state index in [1.807, 2.05) is 4.90 Å². The minimum absolute atomic E-state index is 0.339. The first kappa shape index (κ1) is 14.3. The highest BCUT2D eigenvalue weighted by atomic mass is 19.1. The summed E-state index contributed by atoms with van der Waals surface area (Å²) in [6, 6.07) is 4.72. The summed E-state index contributed by atoms with van der Waals surface area (Å²) in [5.41, 5.74) is 0.0248. The molecule has 0 radical (unpaired) electrons. The van der Waals surface area contributed by atoms with E-state index < -0.39 is 16.4 Å². The molecule has 1 aromatic rings. The van der Waals surface area contributed by atoms with E-state index in [-0.39, 0.29) is 0 Å². The smallest absolute Gasteiger partial charge is 0.327 e. The van der Waals surface area contributed by atoms with Gasteiger partial charge in [-0.25, -0.2) is 0 Å². The number of nitrogens with zero attached hydrogens (tertiary/aromatic N) is 2. The first-order valence-electron chi connectivity index (χ1n) is 7.56. The first-order valence-corrected chi connectivity index (χ1v) is 7.56. The van der Waals surface area contributed by atoms with Gasteiger partial charge in [-0.15, -0.1) is 0 Å². The second-order valence-corrected chi connectivity index (χ2v) is 6.01. The molecular formula is C15H20FN3O2. The van der Waals surface area contributed by atoms with E-state index in [0.29, 0.717) is 24.2 Å². The molecule has 3 rings (SSSR count). The van der Waals surface area contributed by atoms with E-state index in [2.05, 4.69) is 5.32 Å². The number of nitrogens with one attached hydrogen (secondary N) is 1. The van der Waals surface area contributed by atoms with Gasteiger partial charge in [-0.2, -0.15) is 4.39 Å². The molecule has 0 amide bonds. The lowest BCUT2D eigenvalue weighted by atomic mass is 10.1. The average Bonchev–Trinajstić information content (AvgIpc) is 3.11. The van der Waals surface area contributed by atoms with Gasteiger partial charge in [0, 0.05) is 19.1 Å². The van der Waals surface area contributed by atoms with Crippen LogP contribution in [0.15, 0.2) is 18.2 Å². The van der Waals surface area contributed by atoms with Crippen LogP contribution in [-0.2, 0) is 0 Å². The van der Waals surface area contributed by atoms with Crippen LogP contribution in [0.25, 0.3) is 0 Å². The maximum atomic E-state index is 13.8. The predicted octanol–water partition coefficient (Wildman–Crippen LogP) is 2.70. The lowest BCUT2D eigenvalue weighted by molar-refractivity contribution is -0.386. The van der Waals surface area contributed by atoms with Crippen molar-refractivity contribution < 1.29 is 9.31 Å². The summed E-state index contributed by atoms with van der Waals surface area (Å²) >= 11 is 0. The number of benzene rings is 1. The van der Waals surface area contributed by atoms with Crippen molar-refractivity contribution in [2.24, 2.45) is 5.92 Å². The second kappa shape index (κ2) is 5.97. The van der Waals surface area contributed by atoms with Crippen molar-refractivity contribution in [1.29, 1.82) is 0 Å². The van der Waals surface area contributed by atoms with Crippen LogP contribution in [0.4, 0.5) is 15.8 Å². The summed E-state index contributed by atoms with van der Waals surface area (Å²) in [4.78, 5) is 12.6. The fourth-order valence-electron chi connectivity index (χ4n) is 3.00. The summed E-state index contributed by atoms with van der Waals surface area (Å²) in [5, 5.41) is 14.6. The molecule has 1 heterocycles. The van der Waals surface area contributed by atoms with Crippen molar-refractivity contribution in [2.75, 3.05) is 24.5 Å². The SMILES string of the molecule is O=[N+]([O-])c1c(F)cccc1N(CC1CC1)CC1CCCN1. The minimum Gasteiger partial charge on any atom is -0.364 e. The molecule has 114 valence electrons. The summed E-state index contributed by atoms with van der Waals surface area (Å²) in [7, 11) is 0. The summed E-state index contributed by atoms with van der Waals surface area (Å²) in [6.07, 6.45) is 4.53.